The van der Waals surface area contributed by atoms with Gasteiger partial charge < -0.3 is 29.2 Å². The Hall–Kier alpha value is -2.97. The third-order valence-corrected chi connectivity index (χ3v) is 7.02. The van der Waals surface area contributed by atoms with Crippen molar-refractivity contribution in [1.29, 1.82) is 0 Å². The molecule has 0 radical (unpaired) electrons. The molecule has 2 amide bonds. The summed E-state index contributed by atoms with van der Waals surface area (Å²) in [6.07, 6.45) is 4.82. The maximum absolute atomic E-state index is 13.3. The monoisotopic (exact) mass is 518 g/mol. The minimum absolute atomic E-state index is 0.0536. The van der Waals surface area contributed by atoms with E-state index < -0.39 is 17.7 Å². The number of carbonyl (C=O) groups excluding carboxylic acids is 3. The van der Waals surface area contributed by atoms with Crippen molar-refractivity contribution < 1.29 is 33.3 Å². The van der Waals surface area contributed by atoms with Crippen LogP contribution in [-0.2, 0) is 25.5 Å². The Morgan fingerprint density at radius 1 is 1.00 bits per heavy atom. The van der Waals surface area contributed by atoms with E-state index in [2.05, 4.69) is 5.32 Å². The number of rotatable bonds is 9. The molecule has 2 aliphatic rings. The maximum atomic E-state index is 13.3. The summed E-state index contributed by atoms with van der Waals surface area (Å²) in [4.78, 5) is 39.8. The minimum Gasteiger partial charge on any atom is -0.493 e. The van der Waals surface area contributed by atoms with Gasteiger partial charge in [0.1, 0.15) is 11.6 Å². The summed E-state index contributed by atoms with van der Waals surface area (Å²) in [6, 6.07) is 5.11. The predicted octanol–water partition coefficient (Wildman–Crippen LogP) is 4.11. The van der Waals surface area contributed by atoms with E-state index in [1.54, 1.807) is 19.1 Å². The molecule has 0 unspecified atom stereocenters. The molecule has 1 saturated heterocycles. The zero-order chi connectivity index (χ0) is 27.0. The van der Waals surface area contributed by atoms with Gasteiger partial charge in [0.15, 0.2) is 11.5 Å². The van der Waals surface area contributed by atoms with Gasteiger partial charge in [0.05, 0.1) is 20.8 Å². The normalized spacial score (nSPS) is 21.8. The number of amides is 2. The molecule has 1 aromatic carbocycles. The van der Waals surface area contributed by atoms with Crippen molar-refractivity contribution in [1.82, 2.24) is 10.2 Å². The number of hydrogen-bond donors (Lipinski definition) is 1. The Balaban J connectivity index is 1.43. The van der Waals surface area contributed by atoms with Crippen LogP contribution in [0.3, 0.4) is 0 Å². The summed E-state index contributed by atoms with van der Waals surface area (Å²) >= 11 is 0. The first-order valence-electron chi connectivity index (χ1n) is 13.3. The van der Waals surface area contributed by atoms with Crippen LogP contribution in [0.1, 0.15) is 64.9 Å². The third kappa shape index (κ3) is 8.27. The predicted molar refractivity (Wildman–Crippen MR) is 139 cm³/mol. The smallest absolute Gasteiger partial charge is 0.407 e. The van der Waals surface area contributed by atoms with Crippen LogP contribution < -0.4 is 14.8 Å². The maximum Gasteiger partial charge on any atom is 0.407 e. The lowest BCUT2D eigenvalue weighted by Crippen LogP contribution is -2.45. The average molecular weight is 519 g/mol. The Morgan fingerprint density at radius 3 is 2.35 bits per heavy atom. The quantitative estimate of drug-likeness (QED) is 0.491. The second-order valence-electron chi connectivity index (χ2n) is 10.9. The van der Waals surface area contributed by atoms with Crippen LogP contribution in [0.5, 0.6) is 11.5 Å². The highest BCUT2D eigenvalue weighted by atomic mass is 16.6. The first-order valence-corrected chi connectivity index (χ1v) is 13.3. The van der Waals surface area contributed by atoms with Crippen molar-refractivity contribution in [2.75, 3.05) is 33.9 Å². The molecule has 0 bridgehead atoms. The molecule has 1 saturated carbocycles. The average Bonchev–Trinajstić information content (AvgIpc) is 3.36. The molecule has 1 aromatic rings. The summed E-state index contributed by atoms with van der Waals surface area (Å²) in [5.74, 6) is 1.25. The Morgan fingerprint density at radius 2 is 1.70 bits per heavy atom. The molecule has 37 heavy (non-hydrogen) atoms. The van der Waals surface area contributed by atoms with Gasteiger partial charge in [-0.3, -0.25) is 4.79 Å². The van der Waals surface area contributed by atoms with Crippen LogP contribution in [0, 0.1) is 11.8 Å². The van der Waals surface area contributed by atoms with E-state index in [9.17, 15) is 14.4 Å². The van der Waals surface area contributed by atoms with Crippen LogP contribution >= 0.6 is 0 Å². The van der Waals surface area contributed by atoms with Crippen molar-refractivity contribution in [3.63, 3.8) is 0 Å². The highest BCUT2D eigenvalue weighted by Crippen LogP contribution is 2.32. The van der Waals surface area contributed by atoms with Crippen molar-refractivity contribution in [3.8, 4) is 11.5 Å². The van der Waals surface area contributed by atoms with E-state index in [1.165, 1.54) is 0 Å². The fourth-order valence-corrected chi connectivity index (χ4v) is 5.07. The molecule has 1 heterocycles. The van der Waals surface area contributed by atoms with E-state index in [0.29, 0.717) is 43.3 Å². The number of ether oxygens (including phenoxy) is 4. The molecule has 9 heteroatoms. The molecule has 0 spiro atoms. The lowest BCUT2D eigenvalue weighted by Gasteiger charge is -2.32. The van der Waals surface area contributed by atoms with E-state index in [-0.39, 0.29) is 24.4 Å². The molecule has 1 N–H and O–H groups in total. The molecule has 1 aliphatic heterocycles. The van der Waals surface area contributed by atoms with Crippen LogP contribution in [0.4, 0.5) is 4.79 Å². The summed E-state index contributed by atoms with van der Waals surface area (Å²) in [7, 11) is 3.17. The van der Waals surface area contributed by atoms with Crippen LogP contribution in [0.2, 0.25) is 0 Å². The number of nitrogens with one attached hydrogen (secondary N) is 1. The van der Waals surface area contributed by atoms with Crippen molar-refractivity contribution in [2.45, 2.75) is 77.4 Å². The number of nitrogens with zero attached hydrogens (tertiary/aromatic N) is 1. The van der Waals surface area contributed by atoms with Gasteiger partial charge in [0.25, 0.3) is 0 Å². The molecular weight excluding hydrogens is 476 g/mol. The summed E-state index contributed by atoms with van der Waals surface area (Å²) in [6.45, 7) is 6.89. The van der Waals surface area contributed by atoms with Gasteiger partial charge in [0, 0.05) is 25.4 Å². The van der Waals surface area contributed by atoms with Crippen molar-refractivity contribution in [2.24, 2.45) is 11.8 Å². The van der Waals surface area contributed by atoms with Gasteiger partial charge in [-0.15, -0.1) is 0 Å². The van der Waals surface area contributed by atoms with Crippen LogP contribution in [0.25, 0.3) is 0 Å². The summed E-state index contributed by atoms with van der Waals surface area (Å²) < 4.78 is 21.5. The molecule has 0 aromatic heterocycles. The molecule has 9 nitrogen and oxygen atoms in total. The number of carbonyl (C=O) groups is 3. The number of likely N-dealkylation sites (tertiary alicyclic amines) is 1. The number of hydrogen-bond acceptors (Lipinski definition) is 7. The second-order valence-corrected chi connectivity index (χ2v) is 10.9. The van der Waals surface area contributed by atoms with E-state index >= 15 is 0 Å². The SMILES string of the molecule is COc1ccc(CCOC(=O)[C@@H]2CCCN2C(=O)C2CCC(CNC(=O)OC(C)(C)C)CC2)cc1OC. The van der Waals surface area contributed by atoms with E-state index in [4.69, 9.17) is 18.9 Å². The van der Waals surface area contributed by atoms with Crippen LogP contribution in [0.15, 0.2) is 18.2 Å². The minimum atomic E-state index is -0.523. The van der Waals surface area contributed by atoms with E-state index in [1.807, 2.05) is 39.0 Å². The zero-order valence-corrected chi connectivity index (χ0v) is 22.8. The molecule has 2 fully saturated rings. The van der Waals surface area contributed by atoms with Gasteiger partial charge in [-0.25, -0.2) is 9.59 Å². The Bertz CT molecular complexity index is 935. The van der Waals surface area contributed by atoms with Crippen LogP contribution in [-0.4, -0.2) is 68.4 Å². The fraction of sp³-hybridized carbons (Fsp3) is 0.679. The van der Waals surface area contributed by atoms with Gasteiger partial charge in [-0.05, 0) is 82.9 Å². The largest absolute Gasteiger partial charge is 0.493 e. The molecule has 206 valence electrons. The third-order valence-electron chi connectivity index (χ3n) is 7.02. The summed E-state index contributed by atoms with van der Waals surface area (Å²) in [5.41, 5.74) is 0.452. The Labute approximate surface area is 220 Å². The first-order chi connectivity index (χ1) is 17.6. The number of alkyl carbamates (subject to hydrolysis) is 1. The van der Waals surface area contributed by atoms with Gasteiger partial charge in [-0.1, -0.05) is 6.07 Å². The summed E-state index contributed by atoms with van der Waals surface area (Å²) in [5, 5.41) is 2.84. The molecule has 3 rings (SSSR count). The van der Waals surface area contributed by atoms with Crippen molar-refractivity contribution >= 4 is 18.0 Å². The highest BCUT2D eigenvalue weighted by Gasteiger charge is 2.39. The van der Waals surface area contributed by atoms with Crippen molar-refractivity contribution in [3.05, 3.63) is 23.8 Å². The zero-order valence-electron chi connectivity index (χ0n) is 22.8. The molecular formula is C28H42N2O7. The number of benzene rings is 1. The highest BCUT2D eigenvalue weighted by molar-refractivity contribution is 5.86. The Kier molecular flexibility index (Phi) is 10.1. The van der Waals surface area contributed by atoms with Gasteiger partial charge in [0.2, 0.25) is 5.91 Å². The fourth-order valence-electron chi connectivity index (χ4n) is 5.07. The topological polar surface area (TPSA) is 103 Å². The second kappa shape index (κ2) is 13.0. The van der Waals surface area contributed by atoms with Gasteiger partial charge >= 0.3 is 12.1 Å². The number of esters is 1. The lowest BCUT2D eigenvalue weighted by molar-refractivity contribution is -0.155. The molecule has 1 aliphatic carbocycles. The standard InChI is InChI=1S/C28H42N2O7/c1-28(2,3)37-27(33)29-18-20-8-11-21(12-9-20)25(31)30-15-6-7-22(30)26(32)36-16-14-19-10-13-23(34-4)24(17-19)35-5/h10,13,17,20-22H,6-9,11-12,14-16,18H2,1-5H3,(H,29,33)/t20?,21?,22-/m0/s1. The number of methoxy groups -OCH3 is 2. The first kappa shape index (κ1) is 28.6. The lowest BCUT2D eigenvalue weighted by atomic mass is 9.81. The van der Waals surface area contributed by atoms with E-state index in [0.717, 1.165) is 37.7 Å². The molecule has 1 atom stereocenters. The van der Waals surface area contributed by atoms with Gasteiger partial charge in [-0.2, -0.15) is 0 Å².